The van der Waals surface area contributed by atoms with E-state index in [-0.39, 0.29) is 18.3 Å². The number of nitrogens with zero attached hydrogens (tertiary/aromatic N) is 5. The molecule has 2 aromatic carbocycles. The minimum Gasteiger partial charge on any atom is -0.391 e. The smallest absolute Gasteiger partial charge is 0.188 e. The molecule has 0 amide bonds. The standard InChI is InChI=1S/C24H22N6O2/c25-11-16-2-1-3-17(8-16)13-30-14-18(12-26-30)9-23(32)24-21-5-4-19(10-22(21)27-28-24)29-7-6-20(31)15-29/h1-5,8,10,12,14,20,31H,6-7,9,13,15H2,(H,27,28). The predicted molar refractivity (Wildman–Crippen MR) is 119 cm³/mol. The number of benzene rings is 2. The molecule has 2 aromatic heterocycles. The van der Waals surface area contributed by atoms with Crippen molar-refractivity contribution < 1.29 is 9.90 Å². The van der Waals surface area contributed by atoms with Gasteiger partial charge in [-0.3, -0.25) is 14.6 Å². The molecule has 2 N–H and O–H groups in total. The summed E-state index contributed by atoms with van der Waals surface area (Å²) < 4.78 is 1.76. The highest BCUT2D eigenvalue weighted by atomic mass is 16.3. The number of nitrogens with one attached hydrogen (secondary N) is 1. The van der Waals surface area contributed by atoms with Gasteiger partial charge in [0.25, 0.3) is 0 Å². The van der Waals surface area contributed by atoms with Gasteiger partial charge in [0.2, 0.25) is 0 Å². The second-order valence-electron chi connectivity index (χ2n) is 8.15. The average molecular weight is 426 g/mol. The lowest BCUT2D eigenvalue weighted by molar-refractivity contribution is 0.0989. The van der Waals surface area contributed by atoms with E-state index >= 15 is 0 Å². The molecule has 1 aliphatic heterocycles. The summed E-state index contributed by atoms with van der Waals surface area (Å²) >= 11 is 0. The fraction of sp³-hybridized carbons (Fsp3) is 0.250. The Morgan fingerprint density at radius 1 is 1.25 bits per heavy atom. The van der Waals surface area contributed by atoms with Gasteiger partial charge in [-0.15, -0.1) is 0 Å². The number of fused-ring (bicyclic) bond motifs is 1. The molecule has 0 spiro atoms. The van der Waals surface area contributed by atoms with Crippen molar-refractivity contribution in [1.29, 1.82) is 5.26 Å². The average Bonchev–Trinajstić information content (AvgIpc) is 3.53. The number of β-amino-alcohol motifs (C(OH)–C–C–N with tert-alkyl or cyclic N) is 1. The third-order valence-electron chi connectivity index (χ3n) is 5.79. The zero-order valence-corrected chi connectivity index (χ0v) is 17.4. The van der Waals surface area contributed by atoms with Gasteiger partial charge < -0.3 is 10.0 Å². The molecule has 8 heteroatoms. The van der Waals surface area contributed by atoms with Crippen LogP contribution in [0, 0.1) is 11.3 Å². The Kier molecular flexibility index (Phi) is 5.17. The minimum atomic E-state index is -0.291. The van der Waals surface area contributed by atoms with Gasteiger partial charge in [-0.05, 0) is 47.9 Å². The van der Waals surface area contributed by atoms with E-state index < -0.39 is 0 Å². The molecule has 8 nitrogen and oxygen atoms in total. The Bertz CT molecular complexity index is 1330. The first-order chi connectivity index (χ1) is 15.6. The van der Waals surface area contributed by atoms with E-state index in [1.165, 1.54) is 0 Å². The van der Waals surface area contributed by atoms with Crippen LogP contribution in [0.2, 0.25) is 0 Å². The van der Waals surface area contributed by atoms with Crippen LogP contribution >= 0.6 is 0 Å². The molecule has 1 atom stereocenters. The third kappa shape index (κ3) is 3.98. The largest absolute Gasteiger partial charge is 0.391 e. The Morgan fingerprint density at radius 2 is 2.16 bits per heavy atom. The van der Waals surface area contributed by atoms with Crippen LogP contribution in [0.4, 0.5) is 5.69 Å². The maximum absolute atomic E-state index is 12.9. The van der Waals surface area contributed by atoms with Crippen molar-refractivity contribution >= 4 is 22.4 Å². The van der Waals surface area contributed by atoms with E-state index in [2.05, 4.69) is 26.3 Å². The van der Waals surface area contributed by atoms with Crippen molar-refractivity contribution in [3.63, 3.8) is 0 Å². The lowest BCUT2D eigenvalue weighted by atomic mass is 10.1. The van der Waals surface area contributed by atoms with Crippen molar-refractivity contribution in [3.8, 4) is 6.07 Å². The Balaban J connectivity index is 1.29. The summed E-state index contributed by atoms with van der Waals surface area (Å²) in [7, 11) is 0. The molecule has 0 bridgehead atoms. The summed E-state index contributed by atoms with van der Waals surface area (Å²) in [5.41, 5.74) is 4.63. The Labute approximate surface area is 184 Å². The van der Waals surface area contributed by atoms with Gasteiger partial charge in [0, 0.05) is 36.8 Å². The van der Waals surface area contributed by atoms with Gasteiger partial charge in [-0.1, -0.05) is 12.1 Å². The fourth-order valence-corrected chi connectivity index (χ4v) is 4.17. The van der Waals surface area contributed by atoms with Gasteiger partial charge in [0.15, 0.2) is 5.78 Å². The highest BCUT2D eigenvalue weighted by Gasteiger charge is 2.22. The molecule has 1 saturated heterocycles. The number of aliphatic hydroxyl groups excluding tert-OH is 1. The zero-order valence-electron chi connectivity index (χ0n) is 17.4. The quantitative estimate of drug-likeness (QED) is 0.459. The molecule has 160 valence electrons. The molecular formula is C24H22N6O2. The zero-order chi connectivity index (χ0) is 22.1. The fourth-order valence-electron chi connectivity index (χ4n) is 4.17. The minimum absolute atomic E-state index is 0.0772. The number of ketones is 1. The number of hydrogen-bond acceptors (Lipinski definition) is 6. The predicted octanol–water partition coefficient (Wildman–Crippen LogP) is 2.68. The molecule has 32 heavy (non-hydrogen) atoms. The lowest BCUT2D eigenvalue weighted by Gasteiger charge is -2.17. The summed E-state index contributed by atoms with van der Waals surface area (Å²) in [5, 5.41) is 31.2. The molecule has 1 aliphatic rings. The monoisotopic (exact) mass is 426 g/mol. The Morgan fingerprint density at radius 3 is 2.97 bits per heavy atom. The molecule has 0 radical (unpaired) electrons. The number of carbonyl (C=O) groups is 1. The number of aromatic amines is 1. The van der Waals surface area contributed by atoms with Crippen molar-refractivity contribution in [1.82, 2.24) is 20.0 Å². The number of anilines is 1. The first-order valence-corrected chi connectivity index (χ1v) is 10.5. The molecule has 5 rings (SSSR count). The first kappa shape index (κ1) is 20.0. The summed E-state index contributed by atoms with van der Waals surface area (Å²) in [5.74, 6) is -0.0772. The normalized spacial score (nSPS) is 15.9. The van der Waals surface area contributed by atoms with Gasteiger partial charge in [0.1, 0.15) is 5.69 Å². The molecule has 3 heterocycles. The maximum atomic E-state index is 12.9. The number of aromatic nitrogens is 4. The molecular weight excluding hydrogens is 404 g/mol. The van der Waals surface area contributed by atoms with Crippen LogP contribution in [0.15, 0.2) is 54.9 Å². The molecule has 1 unspecified atom stereocenters. The Hall–Kier alpha value is -3.96. The van der Waals surface area contributed by atoms with Crippen LogP contribution in [-0.4, -0.2) is 50.1 Å². The van der Waals surface area contributed by atoms with E-state index in [0.29, 0.717) is 24.3 Å². The number of H-pyrrole nitrogens is 1. The van der Waals surface area contributed by atoms with E-state index in [1.54, 1.807) is 16.9 Å². The van der Waals surface area contributed by atoms with Gasteiger partial charge in [0.05, 0.1) is 36.0 Å². The van der Waals surface area contributed by atoms with Crippen molar-refractivity contribution in [2.45, 2.75) is 25.5 Å². The van der Waals surface area contributed by atoms with Crippen LogP contribution in [0.25, 0.3) is 10.9 Å². The van der Waals surface area contributed by atoms with Crippen molar-refractivity contribution in [2.75, 3.05) is 18.0 Å². The van der Waals surface area contributed by atoms with E-state index in [1.807, 2.05) is 42.6 Å². The van der Waals surface area contributed by atoms with Crippen molar-refractivity contribution in [3.05, 3.63) is 77.2 Å². The SMILES string of the molecule is N#Cc1cccc(Cn2cc(CC(=O)c3n[nH]c4cc(N5CCC(O)C5)ccc34)cn2)c1. The third-order valence-corrected chi connectivity index (χ3v) is 5.79. The van der Waals surface area contributed by atoms with E-state index in [9.17, 15) is 9.90 Å². The van der Waals surface area contributed by atoms with Gasteiger partial charge >= 0.3 is 0 Å². The topological polar surface area (TPSA) is 111 Å². The lowest BCUT2D eigenvalue weighted by Crippen LogP contribution is -2.20. The maximum Gasteiger partial charge on any atom is 0.188 e. The van der Waals surface area contributed by atoms with Crippen LogP contribution in [0.3, 0.4) is 0 Å². The van der Waals surface area contributed by atoms with E-state index in [0.717, 1.165) is 40.7 Å². The van der Waals surface area contributed by atoms with E-state index in [4.69, 9.17) is 5.26 Å². The number of nitriles is 1. The second kappa shape index (κ2) is 8.29. The highest BCUT2D eigenvalue weighted by molar-refractivity contribution is 6.07. The summed E-state index contributed by atoms with van der Waals surface area (Å²) in [6.07, 6.45) is 4.22. The molecule has 4 aromatic rings. The number of carbonyl (C=O) groups excluding carboxylic acids is 1. The number of Topliss-reactive ketones (excluding diaryl/α,β-unsaturated/α-hetero) is 1. The van der Waals surface area contributed by atoms with Crippen molar-refractivity contribution in [2.24, 2.45) is 0 Å². The number of aliphatic hydroxyl groups is 1. The van der Waals surface area contributed by atoms with Crippen LogP contribution < -0.4 is 4.90 Å². The van der Waals surface area contributed by atoms with Gasteiger partial charge in [-0.25, -0.2) is 0 Å². The molecule has 1 fully saturated rings. The van der Waals surface area contributed by atoms with Gasteiger partial charge in [-0.2, -0.15) is 15.5 Å². The number of rotatable bonds is 6. The summed E-state index contributed by atoms with van der Waals surface area (Å²) in [6, 6.07) is 15.4. The second-order valence-corrected chi connectivity index (χ2v) is 8.15. The highest BCUT2D eigenvalue weighted by Crippen LogP contribution is 2.26. The number of hydrogen-bond donors (Lipinski definition) is 2. The summed E-state index contributed by atoms with van der Waals surface area (Å²) in [6.45, 7) is 1.97. The molecule has 0 aliphatic carbocycles. The van der Waals surface area contributed by atoms with Crippen LogP contribution in [0.5, 0.6) is 0 Å². The van der Waals surface area contributed by atoms with Crippen LogP contribution in [0.1, 0.15) is 33.6 Å². The summed E-state index contributed by atoms with van der Waals surface area (Å²) in [4.78, 5) is 15.1. The molecule has 0 saturated carbocycles. The first-order valence-electron chi connectivity index (χ1n) is 10.5. The van der Waals surface area contributed by atoms with Crippen LogP contribution in [-0.2, 0) is 13.0 Å².